The minimum Gasteiger partial charge on any atom is -0.376 e. The van der Waals surface area contributed by atoms with Crippen molar-refractivity contribution in [2.75, 3.05) is 5.32 Å². The third-order valence-electron chi connectivity index (χ3n) is 2.52. The van der Waals surface area contributed by atoms with E-state index in [4.69, 9.17) is 0 Å². The maximum atomic E-state index is 4.28. The normalized spacial score (nSPS) is 12.2. The van der Waals surface area contributed by atoms with Gasteiger partial charge in [0.15, 0.2) is 0 Å². The minimum absolute atomic E-state index is 0.128. The Bertz CT molecular complexity index is 499. The first-order valence-electron chi connectivity index (χ1n) is 5.45. The van der Waals surface area contributed by atoms with Crippen LogP contribution in [0, 0.1) is 6.92 Å². The summed E-state index contributed by atoms with van der Waals surface area (Å²) in [5.41, 5.74) is 3.23. The smallest absolute Gasteiger partial charge is 0.0806 e. The number of anilines is 1. The number of hydrogen-bond acceptors (Lipinski definition) is 3. The van der Waals surface area contributed by atoms with Gasteiger partial charge >= 0.3 is 0 Å². The van der Waals surface area contributed by atoms with Gasteiger partial charge in [-0.25, -0.2) is 0 Å². The predicted molar refractivity (Wildman–Crippen MR) is 72.9 cm³/mol. The van der Waals surface area contributed by atoms with E-state index in [0.717, 1.165) is 15.9 Å². The van der Waals surface area contributed by atoms with Gasteiger partial charge in [-0.15, -0.1) is 0 Å². The summed E-state index contributed by atoms with van der Waals surface area (Å²) in [5.74, 6) is 0. The number of halogens is 1. The van der Waals surface area contributed by atoms with Crippen LogP contribution in [0.1, 0.15) is 24.2 Å². The third-order valence-corrected chi connectivity index (χ3v) is 3.18. The highest BCUT2D eigenvalue weighted by Gasteiger charge is 2.08. The zero-order chi connectivity index (χ0) is 12.3. The molecule has 17 heavy (non-hydrogen) atoms. The Morgan fingerprint density at radius 2 is 2.12 bits per heavy atom. The molecular formula is C13H14BrN3. The summed E-state index contributed by atoms with van der Waals surface area (Å²) < 4.78 is 1.06. The summed E-state index contributed by atoms with van der Waals surface area (Å²) in [4.78, 5) is 8.35. The molecule has 0 aliphatic carbocycles. The Hall–Kier alpha value is -1.42. The van der Waals surface area contributed by atoms with E-state index in [-0.39, 0.29) is 6.04 Å². The summed E-state index contributed by atoms with van der Waals surface area (Å²) >= 11 is 3.55. The number of nitrogens with zero attached hydrogens (tertiary/aromatic N) is 2. The highest BCUT2D eigenvalue weighted by atomic mass is 79.9. The van der Waals surface area contributed by atoms with Crippen molar-refractivity contribution in [1.29, 1.82) is 0 Å². The van der Waals surface area contributed by atoms with E-state index in [0.29, 0.717) is 0 Å². The fraction of sp³-hybridized carbons (Fsp3) is 0.231. The monoisotopic (exact) mass is 291 g/mol. The zero-order valence-electron chi connectivity index (χ0n) is 9.81. The molecule has 0 aliphatic rings. The van der Waals surface area contributed by atoms with Gasteiger partial charge in [-0.3, -0.25) is 9.97 Å². The standard InChI is InChI=1S/C13H14BrN3/c1-9-3-4-12(11(14)7-9)17-10(2)13-8-15-5-6-16-13/h3-8,10,17H,1-2H3. The van der Waals surface area contributed by atoms with E-state index >= 15 is 0 Å². The van der Waals surface area contributed by atoms with Gasteiger partial charge < -0.3 is 5.32 Å². The topological polar surface area (TPSA) is 37.8 Å². The maximum Gasteiger partial charge on any atom is 0.0806 e. The fourth-order valence-corrected chi connectivity index (χ4v) is 2.19. The van der Waals surface area contributed by atoms with Crippen molar-refractivity contribution in [3.63, 3.8) is 0 Å². The molecule has 4 heteroatoms. The van der Waals surface area contributed by atoms with Gasteiger partial charge in [0.2, 0.25) is 0 Å². The number of aromatic nitrogens is 2. The molecule has 0 spiro atoms. The van der Waals surface area contributed by atoms with Crippen LogP contribution in [-0.4, -0.2) is 9.97 Å². The highest BCUT2D eigenvalue weighted by Crippen LogP contribution is 2.26. The molecule has 0 saturated heterocycles. The lowest BCUT2D eigenvalue weighted by atomic mass is 10.2. The predicted octanol–water partition coefficient (Wildman–Crippen LogP) is 3.72. The molecule has 2 rings (SSSR count). The Labute approximate surface area is 109 Å². The molecule has 1 aromatic carbocycles. The zero-order valence-corrected chi connectivity index (χ0v) is 11.4. The van der Waals surface area contributed by atoms with Crippen molar-refractivity contribution < 1.29 is 0 Å². The molecule has 1 heterocycles. The van der Waals surface area contributed by atoms with Gasteiger partial charge in [0, 0.05) is 22.6 Å². The molecule has 1 aromatic heterocycles. The van der Waals surface area contributed by atoms with E-state index in [9.17, 15) is 0 Å². The number of hydrogen-bond donors (Lipinski definition) is 1. The molecule has 1 atom stereocenters. The van der Waals surface area contributed by atoms with Crippen molar-refractivity contribution in [2.45, 2.75) is 19.9 Å². The van der Waals surface area contributed by atoms with E-state index in [1.165, 1.54) is 5.56 Å². The van der Waals surface area contributed by atoms with Crippen LogP contribution in [0.3, 0.4) is 0 Å². The second kappa shape index (κ2) is 5.27. The van der Waals surface area contributed by atoms with Crippen LogP contribution in [-0.2, 0) is 0 Å². The van der Waals surface area contributed by atoms with Gasteiger partial charge in [-0.05, 0) is 47.5 Å². The van der Waals surface area contributed by atoms with Crippen LogP contribution in [0.2, 0.25) is 0 Å². The van der Waals surface area contributed by atoms with E-state index in [1.807, 2.05) is 0 Å². The van der Waals surface area contributed by atoms with Crippen LogP contribution in [0.5, 0.6) is 0 Å². The molecule has 0 amide bonds. The first-order chi connectivity index (χ1) is 8.16. The van der Waals surface area contributed by atoms with Gasteiger partial charge in [0.05, 0.1) is 17.9 Å². The molecule has 0 bridgehead atoms. The van der Waals surface area contributed by atoms with Crippen LogP contribution in [0.25, 0.3) is 0 Å². The summed E-state index contributed by atoms with van der Waals surface area (Å²) in [6.07, 6.45) is 5.16. The molecule has 1 N–H and O–H groups in total. The summed E-state index contributed by atoms with van der Waals surface area (Å²) in [5, 5.41) is 3.40. The van der Waals surface area contributed by atoms with Gasteiger partial charge in [-0.2, -0.15) is 0 Å². The molecule has 0 fully saturated rings. The highest BCUT2D eigenvalue weighted by molar-refractivity contribution is 9.10. The lowest BCUT2D eigenvalue weighted by Crippen LogP contribution is -2.09. The molecule has 1 unspecified atom stereocenters. The average Bonchev–Trinajstić information content (AvgIpc) is 2.34. The lowest BCUT2D eigenvalue weighted by molar-refractivity contribution is 0.826. The van der Waals surface area contributed by atoms with Crippen molar-refractivity contribution in [3.8, 4) is 0 Å². The molecule has 88 valence electrons. The average molecular weight is 292 g/mol. The maximum absolute atomic E-state index is 4.28. The Kier molecular flexibility index (Phi) is 3.74. The van der Waals surface area contributed by atoms with E-state index in [1.54, 1.807) is 18.6 Å². The fourth-order valence-electron chi connectivity index (χ4n) is 1.58. The van der Waals surface area contributed by atoms with Gasteiger partial charge in [-0.1, -0.05) is 6.07 Å². The molecule has 0 radical (unpaired) electrons. The molecule has 0 aliphatic heterocycles. The van der Waals surface area contributed by atoms with Crippen molar-refractivity contribution >= 4 is 21.6 Å². The Balaban J connectivity index is 2.16. The summed E-state index contributed by atoms with van der Waals surface area (Å²) in [6, 6.07) is 6.36. The number of aryl methyl sites for hydroxylation is 1. The van der Waals surface area contributed by atoms with E-state index in [2.05, 4.69) is 63.3 Å². The second-order valence-electron chi connectivity index (χ2n) is 3.98. The third kappa shape index (κ3) is 3.03. The van der Waals surface area contributed by atoms with Crippen molar-refractivity contribution in [1.82, 2.24) is 9.97 Å². The van der Waals surface area contributed by atoms with Crippen molar-refractivity contribution in [3.05, 3.63) is 52.5 Å². The quantitative estimate of drug-likeness (QED) is 0.937. The number of benzene rings is 1. The Morgan fingerprint density at radius 3 is 2.76 bits per heavy atom. The van der Waals surface area contributed by atoms with Gasteiger partial charge in [0.25, 0.3) is 0 Å². The summed E-state index contributed by atoms with van der Waals surface area (Å²) in [7, 11) is 0. The van der Waals surface area contributed by atoms with Crippen LogP contribution in [0.4, 0.5) is 5.69 Å². The minimum atomic E-state index is 0.128. The van der Waals surface area contributed by atoms with E-state index < -0.39 is 0 Å². The molecular weight excluding hydrogens is 278 g/mol. The molecule has 0 saturated carbocycles. The Morgan fingerprint density at radius 1 is 1.29 bits per heavy atom. The first kappa shape index (κ1) is 12.0. The first-order valence-corrected chi connectivity index (χ1v) is 6.24. The second-order valence-corrected chi connectivity index (χ2v) is 4.83. The largest absolute Gasteiger partial charge is 0.376 e. The van der Waals surface area contributed by atoms with Crippen molar-refractivity contribution in [2.24, 2.45) is 0 Å². The van der Waals surface area contributed by atoms with Crippen LogP contribution >= 0.6 is 15.9 Å². The van der Waals surface area contributed by atoms with Crippen LogP contribution < -0.4 is 5.32 Å². The number of nitrogens with one attached hydrogen (secondary N) is 1. The molecule has 2 aromatic rings. The van der Waals surface area contributed by atoms with Gasteiger partial charge in [0.1, 0.15) is 0 Å². The lowest BCUT2D eigenvalue weighted by Gasteiger charge is -2.15. The molecule has 3 nitrogen and oxygen atoms in total. The van der Waals surface area contributed by atoms with Crippen LogP contribution in [0.15, 0.2) is 41.3 Å². The summed E-state index contributed by atoms with van der Waals surface area (Å²) in [6.45, 7) is 4.14. The number of rotatable bonds is 3. The SMILES string of the molecule is Cc1ccc(NC(C)c2cnccn2)c(Br)c1.